The number of rotatable bonds is 4. The number of halogens is 2. The van der Waals surface area contributed by atoms with Crippen molar-refractivity contribution in [1.82, 2.24) is 9.88 Å². The lowest BCUT2D eigenvalue weighted by atomic mass is 9.98. The number of amides is 1. The van der Waals surface area contributed by atoms with Crippen molar-refractivity contribution < 1.29 is 18.7 Å². The molecule has 1 aliphatic heterocycles. The Balaban J connectivity index is 1.80. The van der Waals surface area contributed by atoms with Gasteiger partial charge in [0, 0.05) is 25.8 Å². The van der Waals surface area contributed by atoms with Crippen LogP contribution in [-0.4, -0.2) is 52.7 Å². The van der Waals surface area contributed by atoms with Crippen LogP contribution in [0.3, 0.4) is 0 Å². The summed E-state index contributed by atoms with van der Waals surface area (Å²) in [6, 6.07) is 8.31. The Kier molecular flexibility index (Phi) is 5.85. The molecule has 8 heteroatoms. The molecule has 0 radical (unpaired) electrons. The Labute approximate surface area is 161 Å². The molecule has 1 aromatic heterocycles. The van der Waals surface area contributed by atoms with Crippen LogP contribution in [0.2, 0.25) is 0 Å². The molecule has 0 saturated carbocycles. The van der Waals surface area contributed by atoms with E-state index in [4.69, 9.17) is 0 Å². The maximum absolute atomic E-state index is 14.0. The van der Waals surface area contributed by atoms with E-state index in [2.05, 4.69) is 11.1 Å². The minimum absolute atomic E-state index is 0.172. The Bertz CT molecular complexity index is 915. The molecule has 2 atom stereocenters. The van der Waals surface area contributed by atoms with Crippen LogP contribution in [0.1, 0.15) is 29.3 Å². The number of aliphatic hydroxyl groups excluding tert-OH is 1. The van der Waals surface area contributed by atoms with Crippen LogP contribution in [0.25, 0.3) is 0 Å². The summed E-state index contributed by atoms with van der Waals surface area (Å²) in [5.41, 5.74) is 0.0476. The van der Waals surface area contributed by atoms with Gasteiger partial charge in [0.1, 0.15) is 11.9 Å². The number of carbonyl (C=O) groups excluding carboxylic acids is 1. The molecule has 2 aromatic rings. The van der Waals surface area contributed by atoms with Gasteiger partial charge in [-0.2, -0.15) is 5.26 Å². The summed E-state index contributed by atoms with van der Waals surface area (Å²) in [6.45, 7) is 2.60. The first-order valence-electron chi connectivity index (χ1n) is 9.01. The molecule has 0 aliphatic carbocycles. The molecule has 1 saturated heterocycles. The Morgan fingerprint density at radius 1 is 1.39 bits per heavy atom. The third-order valence-corrected chi connectivity index (χ3v) is 4.94. The summed E-state index contributed by atoms with van der Waals surface area (Å²) in [7, 11) is 0. The second-order valence-corrected chi connectivity index (χ2v) is 6.55. The van der Waals surface area contributed by atoms with Crippen LogP contribution < -0.4 is 4.90 Å². The molecule has 1 fully saturated rings. The summed E-state index contributed by atoms with van der Waals surface area (Å²) >= 11 is 0. The maximum Gasteiger partial charge on any atom is 0.257 e. The van der Waals surface area contributed by atoms with E-state index >= 15 is 0 Å². The molecule has 1 aromatic carbocycles. The number of β-amino-alcohol motifs (C(OH)–C–C–N with tert-alkyl or cyclic N) is 1. The number of piperidine rings is 1. The van der Waals surface area contributed by atoms with Gasteiger partial charge in [-0.25, -0.2) is 13.8 Å². The quantitative estimate of drug-likeness (QED) is 0.872. The van der Waals surface area contributed by atoms with Gasteiger partial charge in [0.25, 0.3) is 5.91 Å². The smallest absolute Gasteiger partial charge is 0.257 e. The van der Waals surface area contributed by atoms with E-state index in [1.165, 1.54) is 17.0 Å². The molecule has 3 rings (SSSR count). The van der Waals surface area contributed by atoms with Crippen molar-refractivity contribution in [2.24, 2.45) is 0 Å². The second kappa shape index (κ2) is 8.31. The number of pyridine rings is 1. The molecular weight excluding hydrogens is 366 g/mol. The summed E-state index contributed by atoms with van der Waals surface area (Å²) in [5.74, 6) is -2.46. The van der Waals surface area contributed by atoms with Crippen LogP contribution >= 0.6 is 0 Å². The molecular formula is C20H20F2N4O2. The van der Waals surface area contributed by atoms with Crippen LogP contribution in [0.4, 0.5) is 14.6 Å². The number of aromatic nitrogens is 1. The Morgan fingerprint density at radius 2 is 2.18 bits per heavy atom. The number of carbonyl (C=O) groups is 1. The summed E-state index contributed by atoms with van der Waals surface area (Å²) < 4.78 is 27.5. The fourth-order valence-corrected chi connectivity index (χ4v) is 3.56. The van der Waals surface area contributed by atoms with Crippen molar-refractivity contribution in [2.75, 3.05) is 24.5 Å². The second-order valence-electron chi connectivity index (χ2n) is 6.55. The van der Waals surface area contributed by atoms with Gasteiger partial charge < -0.3 is 14.9 Å². The topological polar surface area (TPSA) is 80.5 Å². The van der Waals surface area contributed by atoms with E-state index in [-0.39, 0.29) is 18.7 Å². The van der Waals surface area contributed by atoms with Gasteiger partial charge in [-0.05, 0) is 37.6 Å². The van der Waals surface area contributed by atoms with Gasteiger partial charge in [0.2, 0.25) is 0 Å². The lowest BCUT2D eigenvalue weighted by molar-refractivity contribution is 0.0300. The number of nitriles is 1. The summed E-state index contributed by atoms with van der Waals surface area (Å²) in [6.07, 6.45) is 1.05. The molecule has 0 unspecified atom stereocenters. The minimum Gasteiger partial charge on any atom is -0.389 e. The molecule has 1 N–H and O–H groups in total. The minimum atomic E-state index is -1.19. The van der Waals surface area contributed by atoms with Gasteiger partial charge in [-0.1, -0.05) is 6.07 Å². The highest BCUT2D eigenvalue weighted by Gasteiger charge is 2.36. The lowest BCUT2D eigenvalue weighted by Gasteiger charge is -2.42. The van der Waals surface area contributed by atoms with Gasteiger partial charge in [-0.3, -0.25) is 4.79 Å². The summed E-state index contributed by atoms with van der Waals surface area (Å²) in [4.78, 5) is 20.2. The fraction of sp³-hybridized carbons (Fsp3) is 0.350. The van der Waals surface area contributed by atoms with Gasteiger partial charge in [0.05, 0.1) is 23.3 Å². The SMILES string of the molecule is CCN(C(=O)c1cccc(F)c1F)[C@H]1CCN(c2ncccc2C#N)C[C@@H]1O. The van der Waals surface area contributed by atoms with E-state index in [1.807, 2.05) is 0 Å². The predicted octanol–water partition coefficient (Wildman–Crippen LogP) is 2.33. The number of anilines is 1. The van der Waals surface area contributed by atoms with Crippen molar-refractivity contribution in [3.8, 4) is 6.07 Å². The molecule has 0 bridgehead atoms. The maximum atomic E-state index is 14.0. The first-order valence-corrected chi connectivity index (χ1v) is 9.01. The third-order valence-electron chi connectivity index (χ3n) is 4.94. The highest BCUT2D eigenvalue weighted by molar-refractivity contribution is 5.94. The average Bonchev–Trinajstić information content (AvgIpc) is 2.71. The highest BCUT2D eigenvalue weighted by atomic mass is 19.2. The van der Waals surface area contributed by atoms with Gasteiger partial charge >= 0.3 is 0 Å². The van der Waals surface area contributed by atoms with E-state index in [0.717, 1.165) is 6.07 Å². The zero-order valence-corrected chi connectivity index (χ0v) is 15.3. The third kappa shape index (κ3) is 3.66. The lowest BCUT2D eigenvalue weighted by Crippen LogP contribution is -2.56. The van der Waals surface area contributed by atoms with Gasteiger partial charge in [0.15, 0.2) is 11.6 Å². The van der Waals surface area contributed by atoms with Crippen molar-refractivity contribution in [3.63, 3.8) is 0 Å². The van der Waals surface area contributed by atoms with Crippen LogP contribution in [0.5, 0.6) is 0 Å². The van der Waals surface area contributed by atoms with E-state index in [0.29, 0.717) is 24.3 Å². The zero-order chi connectivity index (χ0) is 20.3. The Hall–Kier alpha value is -3.05. The van der Waals surface area contributed by atoms with Crippen LogP contribution in [0.15, 0.2) is 36.5 Å². The van der Waals surface area contributed by atoms with E-state index in [1.54, 1.807) is 30.2 Å². The summed E-state index contributed by atoms with van der Waals surface area (Å²) in [5, 5.41) is 19.9. The number of benzene rings is 1. The van der Waals surface area contributed by atoms with Crippen LogP contribution in [0, 0.1) is 23.0 Å². The monoisotopic (exact) mass is 386 g/mol. The van der Waals surface area contributed by atoms with Gasteiger partial charge in [-0.15, -0.1) is 0 Å². The largest absolute Gasteiger partial charge is 0.389 e. The number of hydrogen-bond donors (Lipinski definition) is 1. The number of aliphatic hydroxyl groups is 1. The van der Waals surface area contributed by atoms with Crippen molar-refractivity contribution in [1.29, 1.82) is 5.26 Å². The Morgan fingerprint density at radius 3 is 2.86 bits per heavy atom. The highest BCUT2D eigenvalue weighted by Crippen LogP contribution is 2.25. The molecule has 146 valence electrons. The predicted molar refractivity (Wildman–Crippen MR) is 98.6 cm³/mol. The molecule has 1 amide bonds. The van der Waals surface area contributed by atoms with E-state index in [9.17, 15) is 23.9 Å². The molecule has 0 spiro atoms. The zero-order valence-electron chi connectivity index (χ0n) is 15.3. The van der Waals surface area contributed by atoms with Crippen molar-refractivity contribution >= 4 is 11.7 Å². The first-order chi connectivity index (χ1) is 13.5. The standard InChI is InChI=1S/C20H20F2N4O2/c1-2-26(20(28)14-6-3-7-15(21)18(14)22)16-8-10-25(12-17(16)27)19-13(11-23)5-4-9-24-19/h3-7,9,16-17,27H,2,8,10,12H2,1H3/t16-,17-/m0/s1. The molecule has 28 heavy (non-hydrogen) atoms. The average molecular weight is 386 g/mol. The number of likely N-dealkylation sites (N-methyl/N-ethyl adjacent to an activating group) is 1. The van der Waals surface area contributed by atoms with Crippen molar-refractivity contribution in [3.05, 3.63) is 59.3 Å². The number of nitrogens with zero attached hydrogens (tertiary/aromatic N) is 4. The molecule has 2 heterocycles. The van der Waals surface area contributed by atoms with Crippen LogP contribution in [-0.2, 0) is 0 Å². The molecule has 1 aliphatic rings. The van der Waals surface area contributed by atoms with Crippen molar-refractivity contribution in [2.45, 2.75) is 25.5 Å². The fourth-order valence-electron chi connectivity index (χ4n) is 3.56. The van der Waals surface area contributed by atoms with E-state index < -0.39 is 29.7 Å². The number of hydrogen-bond acceptors (Lipinski definition) is 5. The normalized spacial score (nSPS) is 19.2. The first kappa shape index (κ1) is 19.7. The molecule has 6 nitrogen and oxygen atoms in total.